The first-order valence-electron chi connectivity index (χ1n) is 8.40. The summed E-state index contributed by atoms with van der Waals surface area (Å²) in [6.07, 6.45) is 1.42. The summed E-state index contributed by atoms with van der Waals surface area (Å²) in [5.74, 6) is 0. The maximum absolute atomic E-state index is 10.4. The number of aromatic nitrogens is 1. The second-order valence-corrected chi connectivity index (χ2v) is 6.88. The van der Waals surface area contributed by atoms with E-state index in [9.17, 15) is 5.11 Å². The number of benzene rings is 1. The van der Waals surface area contributed by atoms with Gasteiger partial charge in [-0.1, -0.05) is 47.5 Å². The monoisotopic (exact) mass is 345 g/mol. The van der Waals surface area contributed by atoms with Gasteiger partial charge in [-0.3, -0.25) is 9.80 Å². The van der Waals surface area contributed by atoms with Crippen LogP contribution in [0, 0.1) is 6.92 Å². The second kappa shape index (κ2) is 8.08. The summed E-state index contributed by atoms with van der Waals surface area (Å²) in [6.45, 7) is 7.61. The Morgan fingerprint density at radius 1 is 1.04 bits per heavy atom. The molecule has 1 aliphatic rings. The van der Waals surface area contributed by atoms with E-state index in [-0.39, 0.29) is 0 Å². The van der Waals surface area contributed by atoms with Crippen LogP contribution in [0.2, 0.25) is 5.15 Å². The third-order valence-electron chi connectivity index (χ3n) is 4.55. The number of aliphatic hydroxyl groups excluding tert-OH is 1. The lowest BCUT2D eigenvalue weighted by molar-refractivity contribution is 0.0701. The SMILES string of the molecule is Cc1ccc(C(O)CN2CCN(Cc3ccc(Cl)nc3)CC2)cc1. The highest BCUT2D eigenvalue weighted by molar-refractivity contribution is 6.29. The number of nitrogens with zero attached hydrogens (tertiary/aromatic N) is 3. The summed E-state index contributed by atoms with van der Waals surface area (Å²) >= 11 is 5.83. The van der Waals surface area contributed by atoms with Crippen LogP contribution in [0.15, 0.2) is 42.6 Å². The van der Waals surface area contributed by atoms with Crippen LogP contribution in [0.4, 0.5) is 0 Å². The smallest absolute Gasteiger partial charge is 0.129 e. The van der Waals surface area contributed by atoms with E-state index >= 15 is 0 Å². The first-order valence-corrected chi connectivity index (χ1v) is 8.78. The second-order valence-electron chi connectivity index (χ2n) is 6.49. The summed E-state index contributed by atoms with van der Waals surface area (Å²) in [6, 6.07) is 12.0. The van der Waals surface area contributed by atoms with Crippen molar-refractivity contribution in [2.75, 3.05) is 32.7 Å². The summed E-state index contributed by atoms with van der Waals surface area (Å²) in [5.41, 5.74) is 3.40. The summed E-state index contributed by atoms with van der Waals surface area (Å²) < 4.78 is 0. The third kappa shape index (κ3) is 4.77. The highest BCUT2D eigenvalue weighted by Gasteiger charge is 2.20. The number of aliphatic hydroxyl groups is 1. The van der Waals surface area contributed by atoms with Crippen molar-refractivity contribution in [3.8, 4) is 0 Å². The molecule has 128 valence electrons. The molecule has 1 aromatic carbocycles. The molecule has 1 aromatic heterocycles. The normalized spacial score (nSPS) is 17.8. The number of aryl methyl sites for hydroxylation is 1. The Hall–Kier alpha value is -1.46. The van der Waals surface area contributed by atoms with Crippen LogP contribution < -0.4 is 0 Å². The molecule has 0 aliphatic carbocycles. The quantitative estimate of drug-likeness (QED) is 0.846. The molecule has 0 spiro atoms. The Morgan fingerprint density at radius 2 is 1.71 bits per heavy atom. The Morgan fingerprint density at radius 3 is 2.33 bits per heavy atom. The van der Waals surface area contributed by atoms with E-state index in [2.05, 4.69) is 33.8 Å². The van der Waals surface area contributed by atoms with Gasteiger partial charge in [-0.25, -0.2) is 4.98 Å². The molecule has 0 bridgehead atoms. The van der Waals surface area contributed by atoms with Crippen LogP contribution in [-0.4, -0.2) is 52.6 Å². The van der Waals surface area contributed by atoms with E-state index in [1.54, 1.807) is 0 Å². The topological polar surface area (TPSA) is 39.6 Å². The van der Waals surface area contributed by atoms with E-state index in [0.29, 0.717) is 11.7 Å². The highest BCUT2D eigenvalue weighted by atomic mass is 35.5. The van der Waals surface area contributed by atoms with Crippen molar-refractivity contribution in [2.45, 2.75) is 19.6 Å². The molecule has 5 heteroatoms. The Bertz CT molecular complexity index is 637. The first kappa shape index (κ1) is 17.4. The van der Waals surface area contributed by atoms with Gasteiger partial charge in [-0.2, -0.15) is 0 Å². The van der Waals surface area contributed by atoms with Crippen LogP contribution >= 0.6 is 11.6 Å². The van der Waals surface area contributed by atoms with E-state index in [1.807, 2.05) is 30.5 Å². The largest absolute Gasteiger partial charge is 0.387 e. The van der Waals surface area contributed by atoms with Crippen molar-refractivity contribution >= 4 is 11.6 Å². The molecular formula is C19H24ClN3O. The van der Waals surface area contributed by atoms with Crippen LogP contribution in [-0.2, 0) is 6.54 Å². The summed E-state index contributed by atoms with van der Waals surface area (Å²) in [4.78, 5) is 8.88. The van der Waals surface area contributed by atoms with Crippen LogP contribution in [0.5, 0.6) is 0 Å². The fourth-order valence-corrected chi connectivity index (χ4v) is 3.14. The average Bonchev–Trinajstić information content (AvgIpc) is 2.59. The molecule has 0 amide bonds. The van der Waals surface area contributed by atoms with Crippen LogP contribution in [0.25, 0.3) is 0 Å². The van der Waals surface area contributed by atoms with Gasteiger partial charge in [0.1, 0.15) is 5.15 Å². The Labute approximate surface area is 148 Å². The minimum absolute atomic E-state index is 0.419. The van der Waals surface area contributed by atoms with Crippen molar-refractivity contribution in [2.24, 2.45) is 0 Å². The van der Waals surface area contributed by atoms with Gasteiger partial charge in [-0.05, 0) is 24.1 Å². The van der Waals surface area contributed by atoms with Gasteiger partial charge in [0.15, 0.2) is 0 Å². The fraction of sp³-hybridized carbons (Fsp3) is 0.421. The molecule has 1 saturated heterocycles. The molecule has 1 unspecified atom stereocenters. The van der Waals surface area contributed by atoms with E-state index < -0.39 is 6.10 Å². The first-order chi connectivity index (χ1) is 11.6. The lowest BCUT2D eigenvalue weighted by atomic mass is 10.1. The molecule has 1 fully saturated rings. The molecule has 2 heterocycles. The van der Waals surface area contributed by atoms with Gasteiger partial charge in [0, 0.05) is 45.5 Å². The Kier molecular flexibility index (Phi) is 5.85. The van der Waals surface area contributed by atoms with Crippen LogP contribution in [0.3, 0.4) is 0 Å². The lowest BCUT2D eigenvalue weighted by Crippen LogP contribution is -2.47. The number of piperazine rings is 1. The van der Waals surface area contributed by atoms with Crippen molar-refractivity contribution in [1.29, 1.82) is 0 Å². The molecule has 1 N–H and O–H groups in total. The van der Waals surface area contributed by atoms with Gasteiger partial charge >= 0.3 is 0 Å². The van der Waals surface area contributed by atoms with E-state index in [0.717, 1.165) is 38.3 Å². The molecular weight excluding hydrogens is 322 g/mol. The highest BCUT2D eigenvalue weighted by Crippen LogP contribution is 2.17. The predicted octanol–water partition coefficient (Wildman–Crippen LogP) is 2.89. The number of rotatable bonds is 5. The molecule has 1 atom stereocenters. The lowest BCUT2D eigenvalue weighted by Gasteiger charge is -2.35. The van der Waals surface area contributed by atoms with Crippen molar-refractivity contribution in [3.05, 3.63) is 64.4 Å². The van der Waals surface area contributed by atoms with Crippen molar-refractivity contribution in [1.82, 2.24) is 14.8 Å². The number of pyridine rings is 1. The molecule has 24 heavy (non-hydrogen) atoms. The van der Waals surface area contributed by atoms with Gasteiger partial charge in [-0.15, -0.1) is 0 Å². The molecule has 0 radical (unpaired) electrons. The average molecular weight is 346 g/mol. The zero-order valence-electron chi connectivity index (χ0n) is 14.0. The minimum atomic E-state index is -0.419. The third-order valence-corrected chi connectivity index (χ3v) is 4.78. The minimum Gasteiger partial charge on any atom is -0.387 e. The Balaban J connectivity index is 1.46. The summed E-state index contributed by atoms with van der Waals surface area (Å²) in [5, 5.41) is 11.0. The maximum atomic E-state index is 10.4. The standard InChI is InChI=1S/C19H24ClN3O/c1-15-2-5-17(6-3-15)18(24)14-23-10-8-22(9-11-23)13-16-4-7-19(20)21-12-16/h2-7,12,18,24H,8-11,13-14H2,1H3. The summed E-state index contributed by atoms with van der Waals surface area (Å²) in [7, 11) is 0. The number of hydrogen-bond donors (Lipinski definition) is 1. The van der Waals surface area contributed by atoms with E-state index in [4.69, 9.17) is 11.6 Å². The molecule has 1 aliphatic heterocycles. The number of halogens is 1. The molecule has 0 saturated carbocycles. The number of β-amino-alcohol motifs (C(OH)–C–C–N with tert-alkyl or cyclic N) is 1. The molecule has 3 rings (SSSR count). The van der Waals surface area contributed by atoms with Gasteiger partial charge < -0.3 is 5.11 Å². The van der Waals surface area contributed by atoms with Gasteiger partial charge in [0.05, 0.1) is 6.10 Å². The van der Waals surface area contributed by atoms with Crippen molar-refractivity contribution in [3.63, 3.8) is 0 Å². The molecule has 2 aromatic rings. The predicted molar refractivity (Wildman–Crippen MR) is 97.1 cm³/mol. The fourth-order valence-electron chi connectivity index (χ4n) is 3.03. The van der Waals surface area contributed by atoms with Gasteiger partial charge in [0.25, 0.3) is 0 Å². The zero-order chi connectivity index (χ0) is 16.9. The number of hydrogen-bond acceptors (Lipinski definition) is 4. The van der Waals surface area contributed by atoms with Crippen LogP contribution in [0.1, 0.15) is 22.8 Å². The molecule has 4 nitrogen and oxygen atoms in total. The zero-order valence-corrected chi connectivity index (χ0v) is 14.8. The van der Waals surface area contributed by atoms with Crippen molar-refractivity contribution < 1.29 is 5.11 Å². The maximum Gasteiger partial charge on any atom is 0.129 e. The van der Waals surface area contributed by atoms with Gasteiger partial charge in [0.2, 0.25) is 0 Å². The van der Waals surface area contributed by atoms with E-state index in [1.165, 1.54) is 11.1 Å².